The zero-order chi connectivity index (χ0) is 13.0. The summed E-state index contributed by atoms with van der Waals surface area (Å²) in [5.74, 6) is 1.16. The summed E-state index contributed by atoms with van der Waals surface area (Å²) in [5, 5.41) is 3.66. The third-order valence-electron chi connectivity index (χ3n) is 2.48. The fraction of sp³-hybridized carbons (Fsp3) is 0.214. The second-order valence-corrected chi connectivity index (χ2v) is 4.48. The summed E-state index contributed by atoms with van der Waals surface area (Å²) in [7, 11) is 1.90. The average Bonchev–Trinajstić information content (AvgIpc) is 2.35. The van der Waals surface area contributed by atoms with E-state index < -0.39 is 0 Å². The number of halogens is 1. The minimum absolute atomic E-state index is 0.542. The molecule has 1 heterocycles. The standard InChI is InChI=1S/C14H15ClN2O/c1-10-3-5-13(12(15)7-10)18-14-6-4-11(8-16-2)9-17-14/h3-7,9,16H,8H2,1-2H3. The number of nitrogens with zero attached hydrogens (tertiary/aromatic N) is 1. The van der Waals surface area contributed by atoms with Crippen molar-refractivity contribution in [1.82, 2.24) is 10.3 Å². The molecule has 94 valence electrons. The fourth-order valence-electron chi connectivity index (χ4n) is 1.58. The normalized spacial score (nSPS) is 10.4. The summed E-state index contributed by atoms with van der Waals surface area (Å²) in [6, 6.07) is 9.48. The quantitative estimate of drug-likeness (QED) is 0.915. The molecule has 3 nitrogen and oxygen atoms in total. The van der Waals surface area contributed by atoms with Crippen LogP contribution in [0.1, 0.15) is 11.1 Å². The lowest BCUT2D eigenvalue weighted by atomic mass is 10.2. The first-order chi connectivity index (χ1) is 8.69. The molecule has 1 aromatic heterocycles. The van der Waals surface area contributed by atoms with Gasteiger partial charge in [0.2, 0.25) is 5.88 Å². The fourth-order valence-corrected chi connectivity index (χ4v) is 1.85. The van der Waals surface area contributed by atoms with Crippen LogP contribution >= 0.6 is 11.6 Å². The van der Waals surface area contributed by atoms with Crippen molar-refractivity contribution in [3.8, 4) is 11.6 Å². The maximum atomic E-state index is 6.10. The van der Waals surface area contributed by atoms with Gasteiger partial charge in [0, 0.05) is 18.8 Å². The number of hydrogen-bond donors (Lipinski definition) is 1. The van der Waals surface area contributed by atoms with Gasteiger partial charge in [0.15, 0.2) is 0 Å². The molecule has 1 N–H and O–H groups in total. The SMILES string of the molecule is CNCc1ccc(Oc2ccc(C)cc2Cl)nc1. The van der Waals surface area contributed by atoms with E-state index in [0.717, 1.165) is 17.7 Å². The number of hydrogen-bond acceptors (Lipinski definition) is 3. The molecule has 0 spiro atoms. The van der Waals surface area contributed by atoms with Crippen molar-refractivity contribution < 1.29 is 4.74 Å². The van der Waals surface area contributed by atoms with Crippen LogP contribution < -0.4 is 10.1 Å². The number of benzene rings is 1. The monoisotopic (exact) mass is 262 g/mol. The molecule has 2 rings (SSSR count). The number of pyridine rings is 1. The topological polar surface area (TPSA) is 34.1 Å². The van der Waals surface area contributed by atoms with Gasteiger partial charge < -0.3 is 10.1 Å². The van der Waals surface area contributed by atoms with E-state index >= 15 is 0 Å². The summed E-state index contributed by atoms with van der Waals surface area (Å²) in [5.41, 5.74) is 2.21. The van der Waals surface area contributed by atoms with Crippen LogP contribution in [-0.2, 0) is 6.54 Å². The van der Waals surface area contributed by atoms with Gasteiger partial charge in [-0.3, -0.25) is 0 Å². The Morgan fingerprint density at radius 1 is 1.28 bits per heavy atom. The summed E-state index contributed by atoms with van der Waals surface area (Å²) >= 11 is 6.10. The minimum atomic E-state index is 0.542. The lowest BCUT2D eigenvalue weighted by Gasteiger charge is -2.07. The van der Waals surface area contributed by atoms with Crippen LogP contribution in [0.2, 0.25) is 5.02 Å². The van der Waals surface area contributed by atoms with Crippen LogP contribution in [0.15, 0.2) is 36.5 Å². The van der Waals surface area contributed by atoms with Crippen LogP contribution in [0.25, 0.3) is 0 Å². The van der Waals surface area contributed by atoms with Crippen molar-refractivity contribution in [1.29, 1.82) is 0 Å². The van der Waals surface area contributed by atoms with Crippen LogP contribution in [0.3, 0.4) is 0 Å². The molecular formula is C14H15ClN2O. The van der Waals surface area contributed by atoms with Crippen molar-refractivity contribution in [2.75, 3.05) is 7.05 Å². The van der Waals surface area contributed by atoms with E-state index in [1.807, 2.05) is 44.3 Å². The van der Waals surface area contributed by atoms with E-state index in [-0.39, 0.29) is 0 Å². The second-order valence-electron chi connectivity index (χ2n) is 4.07. The Bertz CT molecular complexity index is 526. The highest BCUT2D eigenvalue weighted by Gasteiger charge is 2.04. The molecule has 1 aromatic carbocycles. The van der Waals surface area contributed by atoms with Gasteiger partial charge in [-0.25, -0.2) is 4.98 Å². The van der Waals surface area contributed by atoms with Gasteiger partial charge in [-0.05, 0) is 37.2 Å². The Hall–Kier alpha value is -1.58. The molecule has 0 aliphatic heterocycles. The largest absolute Gasteiger partial charge is 0.437 e. The third kappa shape index (κ3) is 3.22. The lowest BCUT2D eigenvalue weighted by molar-refractivity contribution is 0.462. The first-order valence-corrected chi connectivity index (χ1v) is 6.10. The van der Waals surface area contributed by atoms with E-state index in [1.165, 1.54) is 0 Å². The van der Waals surface area contributed by atoms with Gasteiger partial charge in [0.1, 0.15) is 5.75 Å². The molecule has 0 aliphatic rings. The first kappa shape index (κ1) is 12.9. The molecule has 0 saturated carbocycles. The van der Waals surface area contributed by atoms with Crippen molar-refractivity contribution in [2.24, 2.45) is 0 Å². The summed E-state index contributed by atoms with van der Waals surface area (Å²) < 4.78 is 5.63. The zero-order valence-corrected chi connectivity index (χ0v) is 11.2. The molecule has 0 bridgehead atoms. The van der Waals surface area contributed by atoms with Crippen molar-refractivity contribution in [2.45, 2.75) is 13.5 Å². The summed E-state index contributed by atoms with van der Waals surface area (Å²) in [4.78, 5) is 4.24. The van der Waals surface area contributed by atoms with Gasteiger partial charge in [0.25, 0.3) is 0 Å². The van der Waals surface area contributed by atoms with Crippen LogP contribution in [-0.4, -0.2) is 12.0 Å². The molecule has 0 aliphatic carbocycles. The van der Waals surface area contributed by atoms with Gasteiger partial charge in [-0.1, -0.05) is 23.7 Å². The number of rotatable bonds is 4. The Balaban J connectivity index is 2.13. The maximum absolute atomic E-state index is 6.10. The summed E-state index contributed by atoms with van der Waals surface area (Å²) in [6.07, 6.45) is 1.79. The molecule has 2 aromatic rings. The van der Waals surface area contributed by atoms with Crippen molar-refractivity contribution in [3.05, 3.63) is 52.7 Å². The van der Waals surface area contributed by atoms with Crippen LogP contribution in [0, 0.1) is 6.92 Å². The van der Waals surface area contributed by atoms with Crippen LogP contribution in [0.5, 0.6) is 11.6 Å². The molecule has 0 atom stereocenters. The number of aryl methyl sites for hydroxylation is 1. The molecule has 0 saturated heterocycles. The smallest absolute Gasteiger partial charge is 0.219 e. The molecule has 0 radical (unpaired) electrons. The van der Waals surface area contributed by atoms with E-state index in [4.69, 9.17) is 16.3 Å². The first-order valence-electron chi connectivity index (χ1n) is 5.72. The highest BCUT2D eigenvalue weighted by Crippen LogP contribution is 2.28. The van der Waals surface area contributed by atoms with Gasteiger partial charge in [0.05, 0.1) is 5.02 Å². The minimum Gasteiger partial charge on any atom is -0.437 e. The van der Waals surface area contributed by atoms with E-state index in [0.29, 0.717) is 16.7 Å². The van der Waals surface area contributed by atoms with Crippen LogP contribution in [0.4, 0.5) is 0 Å². The summed E-state index contributed by atoms with van der Waals surface area (Å²) in [6.45, 7) is 2.78. The molecule has 0 unspecified atom stereocenters. The Morgan fingerprint density at radius 3 is 2.72 bits per heavy atom. The van der Waals surface area contributed by atoms with Gasteiger partial charge >= 0.3 is 0 Å². The third-order valence-corrected chi connectivity index (χ3v) is 2.78. The Kier molecular flexibility index (Phi) is 4.18. The van der Waals surface area contributed by atoms with Crippen molar-refractivity contribution >= 4 is 11.6 Å². The predicted octanol–water partition coefficient (Wildman–Crippen LogP) is 3.56. The van der Waals surface area contributed by atoms with E-state index in [1.54, 1.807) is 6.20 Å². The van der Waals surface area contributed by atoms with Gasteiger partial charge in [-0.2, -0.15) is 0 Å². The lowest BCUT2D eigenvalue weighted by Crippen LogP contribution is -2.05. The van der Waals surface area contributed by atoms with Crippen molar-refractivity contribution in [3.63, 3.8) is 0 Å². The molecule has 0 fully saturated rings. The highest BCUT2D eigenvalue weighted by atomic mass is 35.5. The predicted molar refractivity (Wildman–Crippen MR) is 73.3 cm³/mol. The Morgan fingerprint density at radius 2 is 2.11 bits per heavy atom. The number of aromatic nitrogens is 1. The second kappa shape index (κ2) is 5.85. The average molecular weight is 263 g/mol. The maximum Gasteiger partial charge on any atom is 0.219 e. The highest BCUT2D eigenvalue weighted by molar-refractivity contribution is 6.32. The zero-order valence-electron chi connectivity index (χ0n) is 10.4. The van der Waals surface area contributed by atoms with E-state index in [9.17, 15) is 0 Å². The number of nitrogens with one attached hydrogen (secondary N) is 1. The molecular weight excluding hydrogens is 248 g/mol. The number of ether oxygens (including phenoxy) is 1. The van der Waals surface area contributed by atoms with Gasteiger partial charge in [-0.15, -0.1) is 0 Å². The Labute approximate surface area is 112 Å². The molecule has 0 amide bonds. The van der Waals surface area contributed by atoms with E-state index in [2.05, 4.69) is 10.3 Å². The molecule has 4 heteroatoms. The molecule has 18 heavy (non-hydrogen) atoms.